The third-order valence-electron chi connectivity index (χ3n) is 5.95. The molecule has 3 aromatic rings. The lowest BCUT2D eigenvalue weighted by Crippen LogP contribution is -2.27. The smallest absolute Gasteiger partial charge is 0.259 e. The Labute approximate surface area is 181 Å². The normalized spacial score (nSPS) is 20.8. The molecule has 1 aromatic carbocycles. The lowest BCUT2D eigenvalue weighted by molar-refractivity contribution is 0.0928. The van der Waals surface area contributed by atoms with Crippen LogP contribution < -0.4 is 5.32 Å². The number of aromatic nitrogens is 3. The van der Waals surface area contributed by atoms with Gasteiger partial charge in [-0.05, 0) is 57.4 Å². The van der Waals surface area contributed by atoms with E-state index in [1.54, 1.807) is 23.1 Å². The van der Waals surface area contributed by atoms with E-state index in [0.717, 1.165) is 29.1 Å². The van der Waals surface area contributed by atoms with Crippen LogP contribution in [0.25, 0.3) is 5.69 Å². The topological polar surface area (TPSA) is 104 Å². The molecule has 1 aliphatic rings. The fourth-order valence-corrected chi connectivity index (χ4v) is 4.07. The van der Waals surface area contributed by atoms with E-state index in [-0.39, 0.29) is 17.7 Å². The van der Waals surface area contributed by atoms with E-state index in [2.05, 4.69) is 21.5 Å². The van der Waals surface area contributed by atoms with Crippen LogP contribution in [0.15, 0.2) is 48.8 Å². The number of carbonyl (C=O) groups is 1. The molecule has 3 atom stereocenters. The maximum Gasteiger partial charge on any atom is 0.259 e. The zero-order chi connectivity index (χ0) is 22.0. The zero-order valence-corrected chi connectivity index (χ0v) is 17.6. The van der Waals surface area contributed by atoms with Crippen molar-refractivity contribution in [1.29, 1.82) is 5.26 Å². The molecule has 1 amide bonds. The van der Waals surface area contributed by atoms with Gasteiger partial charge >= 0.3 is 0 Å². The van der Waals surface area contributed by atoms with Gasteiger partial charge in [-0.2, -0.15) is 10.4 Å². The van der Waals surface area contributed by atoms with E-state index in [4.69, 9.17) is 0 Å². The number of rotatable bonds is 4. The van der Waals surface area contributed by atoms with Crippen molar-refractivity contribution in [3.8, 4) is 11.8 Å². The van der Waals surface area contributed by atoms with Crippen molar-refractivity contribution < 1.29 is 9.90 Å². The van der Waals surface area contributed by atoms with Gasteiger partial charge in [0.25, 0.3) is 5.91 Å². The van der Waals surface area contributed by atoms with E-state index in [0.29, 0.717) is 24.1 Å². The lowest BCUT2D eigenvalue weighted by atomic mass is 9.78. The molecule has 0 radical (unpaired) electrons. The first-order chi connectivity index (χ1) is 15.0. The fraction of sp³-hybridized carbons (Fsp3) is 0.333. The minimum atomic E-state index is -0.493. The zero-order valence-electron chi connectivity index (χ0n) is 17.6. The molecule has 3 unspecified atom stereocenters. The number of carbonyl (C=O) groups excluding carboxylic acids is 1. The minimum absolute atomic E-state index is 0.0531. The van der Waals surface area contributed by atoms with Gasteiger partial charge in [0.05, 0.1) is 47.2 Å². The van der Waals surface area contributed by atoms with Crippen LogP contribution in [-0.4, -0.2) is 31.9 Å². The Morgan fingerprint density at radius 3 is 2.61 bits per heavy atom. The number of hydrogen-bond donors (Lipinski definition) is 2. The quantitative estimate of drug-likeness (QED) is 0.672. The van der Waals surface area contributed by atoms with Crippen molar-refractivity contribution in [2.24, 2.45) is 5.92 Å². The van der Waals surface area contributed by atoms with Gasteiger partial charge in [0.2, 0.25) is 0 Å². The number of amides is 1. The standard InChI is InChI=1S/C24H25N5O2/c1-15-3-7-19(8-4-15)29-16(2)21(14-27-29)24(31)28-18-6-9-22(26-13-18)20-11-17(12-25)5-10-23(20)30/h3-4,6-9,13-14,17,20,23,30H,5,10-11H2,1-2H3,(H,28,31). The molecule has 2 heterocycles. The summed E-state index contributed by atoms with van der Waals surface area (Å²) in [4.78, 5) is 17.2. The minimum Gasteiger partial charge on any atom is -0.392 e. The molecule has 0 bridgehead atoms. The summed E-state index contributed by atoms with van der Waals surface area (Å²) in [5.74, 6) is -0.464. The molecule has 0 spiro atoms. The second-order valence-corrected chi connectivity index (χ2v) is 8.13. The highest BCUT2D eigenvalue weighted by Gasteiger charge is 2.31. The first-order valence-electron chi connectivity index (χ1n) is 10.4. The average molecular weight is 415 g/mol. The molecule has 2 N–H and O–H groups in total. The first-order valence-corrected chi connectivity index (χ1v) is 10.4. The third-order valence-corrected chi connectivity index (χ3v) is 5.95. The van der Waals surface area contributed by atoms with Crippen LogP contribution in [0.4, 0.5) is 5.69 Å². The third kappa shape index (κ3) is 4.35. The molecule has 4 rings (SSSR count). The van der Waals surface area contributed by atoms with Crippen molar-refractivity contribution in [3.63, 3.8) is 0 Å². The van der Waals surface area contributed by atoms with Gasteiger partial charge in [-0.25, -0.2) is 4.68 Å². The predicted molar refractivity (Wildman–Crippen MR) is 117 cm³/mol. The Morgan fingerprint density at radius 2 is 1.94 bits per heavy atom. The molecule has 2 aromatic heterocycles. The molecule has 1 saturated carbocycles. The summed E-state index contributed by atoms with van der Waals surface area (Å²) in [7, 11) is 0. The number of aliphatic hydroxyl groups excluding tert-OH is 1. The number of aliphatic hydroxyl groups is 1. The van der Waals surface area contributed by atoms with Gasteiger partial charge < -0.3 is 10.4 Å². The summed E-state index contributed by atoms with van der Waals surface area (Å²) in [5, 5.41) is 26.7. The molecule has 0 aliphatic heterocycles. The Hall–Kier alpha value is -3.50. The van der Waals surface area contributed by atoms with E-state index in [1.807, 2.05) is 44.2 Å². The molecule has 7 nitrogen and oxygen atoms in total. The van der Waals surface area contributed by atoms with Crippen molar-refractivity contribution in [3.05, 3.63) is 71.3 Å². The number of nitrogens with one attached hydrogen (secondary N) is 1. The molecule has 1 aliphatic carbocycles. The SMILES string of the molecule is Cc1ccc(-n2ncc(C(=O)Nc3ccc(C4CC(C#N)CCC4O)nc3)c2C)cc1. The fourth-order valence-electron chi connectivity index (χ4n) is 4.07. The summed E-state index contributed by atoms with van der Waals surface area (Å²) in [6.45, 7) is 3.88. The number of benzene rings is 1. The van der Waals surface area contributed by atoms with Crippen LogP contribution in [0, 0.1) is 31.1 Å². The van der Waals surface area contributed by atoms with E-state index in [1.165, 1.54) is 0 Å². The Kier molecular flexibility index (Phi) is 5.83. The summed E-state index contributed by atoms with van der Waals surface area (Å²) in [5.41, 5.74) is 4.61. The second kappa shape index (κ2) is 8.70. The van der Waals surface area contributed by atoms with Crippen LogP contribution in [0.3, 0.4) is 0 Å². The molecule has 7 heteroatoms. The molecule has 158 valence electrons. The van der Waals surface area contributed by atoms with Gasteiger partial charge in [-0.1, -0.05) is 17.7 Å². The van der Waals surface area contributed by atoms with Gasteiger partial charge in [-0.15, -0.1) is 0 Å². The number of aryl methyl sites for hydroxylation is 1. The first kappa shape index (κ1) is 20.8. The second-order valence-electron chi connectivity index (χ2n) is 8.13. The van der Waals surface area contributed by atoms with Crippen LogP contribution in [-0.2, 0) is 0 Å². The van der Waals surface area contributed by atoms with Crippen LogP contribution in [0.1, 0.15) is 52.5 Å². The molecule has 1 fully saturated rings. The van der Waals surface area contributed by atoms with Crippen molar-refractivity contribution >= 4 is 11.6 Å². The summed E-state index contributed by atoms with van der Waals surface area (Å²) < 4.78 is 1.74. The highest BCUT2D eigenvalue weighted by molar-refractivity contribution is 6.04. The van der Waals surface area contributed by atoms with Crippen molar-refractivity contribution in [1.82, 2.24) is 14.8 Å². The van der Waals surface area contributed by atoms with Crippen LogP contribution in [0.2, 0.25) is 0 Å². The predicted octanol–water partition coefficient (Wildman–Crippen LogP) is 3.90. The Bertz CT molecular complexity index is 1110. The van der Waals surface area contributed by atoms with E-state index >= 15 is 0 Å². The highest BCUT2D eigenvalue weighted by atomic mass is 16.3. The maximum atomic E-state index is 12.8. The van der Waals surface area contributed by atoms with Crippen molar-refractivity contribution in [2.45, 2.75) is 45.1 Å². The summed E-state index contributed by atoms with van der Waals surface area (Å²) in [6.07, 6.45) is 4.59. The average Bonchev–Trinajstić information content (AvgIpc) is 3.17. The number of hydrogen-bond acceptors (Lipinski definition) is 5. The van der Waals surface area contributed by atoms with E-state index in [9.17, 15) is 15.2 Å². The molecular weight excluding hydrogens is 390 g/mol. The summed E-state index contributed by atoms with van der Waals surface area (Å²) >= 11 is 0. The van der Waals surface area contributed by atoms with Crippen LogP contribution in [0.5, 0.6) is 0 Å². The van der Waals surface area contributed by atoms with Gasteiger partial charge in [-0.3, -0.25) is 9.78 Å². The van der Waals surface area contributed by atoms with Gasteiger partial charge in [0.1, 0.15) is 0 Å². The molecule has 31 heavy (non-hydrogen) atoms. The lowest BCUT2D eigenvalue weighted by Gasteiger charge is -2.29. The van der Waals surface area contributed by atoms with Gasteiger partial charge in [0, 0.05) is 17.5 Å². The largest absolute Gasteiger partial charge is 0.392 e. The van der Waals surface area contributed by atoms with Gasteiger partial charge in [0.15, 0.2) is 0 Å². The maximum absolute atomic E-state index is 12.8. The number of anilines is 1. The van der Waals surface area contributed by atoms with E-state index < -0.39 is 6.10 Å². The Balaban J connectivity index is 1.47. The molecule has 0 saturated heterocycles. The Morgan fingerprint density at radius 1 is 1.16 bits per heavy atom. The van der Waals surface area contributed by atoms with Crippen LogP contribution >= 0.6 is 0 Å². The highest BCUT2D eigenvalue weighted by Crippen LogP contribution is 2.35. The number of pyridine rings is 1. The monoisotopic (exact) mass is 415 g/mol. The summed E-state index contributed by atoms with van der Waals surface area (Å²) in [6, 6.07) is 13.8. The number of nitriles is 1. The number of nitrogens with zero attached hydrogens (tertiary/aromatic N) is 4. The molecular formula is C24H25N5O2. The van der Waals surface area contributed by atoms with Crippen molar-refractivity contribution in [2.75, 3.05) is 5.32 Å².